The standard InChI is InChI=1S/C13H19FN2O2/c1-8(2)12(15)13(17)16-7-9-4-5-11(18-3)10(14)6-9/h4-6,8,12H,7,15H2,1-3H3,(H,16,17). The second-order valence-corrected chi connectivity index (χ2v) is 4.46. The first-order valence-corrected chi connectivity index (χ1v) is 5.81. The first-order chi connectivity index (χ1) is 8.45. The van der Waals surface area contributed by atoms with Gasteiger partial charge in [-0.3, -0.25) is 4.79 Å². The molecule has 0 bridgehead atoms. The molecule has 5 heteroatoms. The SMILES string of the molecule is COc1ccc(CNC(=O)C(N)C(C)C)cc1F. The van der Waals surface area contributed by atoms with Gasteiger partial charge in [-0.1, -0.05) is 19.9 Å². The van der Waals surface area contributed by atoms with Gasteiger partial charge in [-0.25, -0.2) is 4.39 Å². The Morgan fingerprint density at radius 3 is 2.67 bits per heavy atom. The summed E-state index contributed by atoms with van der Waals surface area (Å²) in [5.41, 5.74) is 6.36. The summed E-state index contributed by atoms with van der Waals surface area (Å²) in [7, 11) is 1.40. The number of ether oxygens (including phenoxy) is 1. The highest BCUT2D eigenvalue weighted by Gasteiger charge is 2.16. The van der Waals surface area contributed by atoms with Crippen LogP contribution in [-0.4, -0.2) is 19.1 Å². The first-order valence-electron chi connectivity index (χ1n) is 5.81. The summed E-state index contributed by atoms with van der Waals surface area (Å²) in [6, 6.07) is 4.01. The average molecular weight is 254 g/mol. The molecule has 0 heterocycles. The fourth-order valence-corrected chi connectivity index (χ4v) is 1.43. The summed E-state index contributed by atoms with van der Waals surface area (Å²) < 4.78 is 18.2. The van der Waals surface area contributed by atoms with E-state index in [2.05, 4.69) is 5.32 Å². The predicted molar refractivity (Wildman–Crippen MR) is 67.6 cm³/mol. The summed E-state index contributed by atoms with van der Waals surface area (Å²) in [5.74, 6) is -0.430. The van der Waals surface area contributed by atoms with Crippen molar-refractivity contribution < 1.29 is 13.9 Å². The van der Waals surface area contributed by atoms with Crippen LogP contribution >= 0.6 is 0 Å². The minimum Gasteiger partial charge on any atom is -0.494 e. The molecule has 1 atom stereocenters. The van der Waals surface area contributed by atoms with Gasteiger partial charge >= 0.3 is 0 Å². The van der Waals surface area contributed by atoms with Crippen molar-refractivity contribution in [2.24, 2.45) is 11.7 Å². The molecule has 3 N–H and O–H groups in total. The van der Waals surface area contributed by atoms with Gasteiger partial charge < -0.3 is 15.8 Å². The van der Waals surface area contributed by atoms with E-state index in [1.807, 2.05) is 13.8 Å². The van der Waals surface area contributed by atoms with E-state index in [0.29, 0.717) is 5.56 Å². The number of hydrogen-bond donors (Lipinski definition) is 2. The molecule has 4 nitrogen and oxygen atoms in total. The van der Waals surface area contributed by atoms with E-state index in [-0.39, 0.29) is 24.1 Å². The van der Waals surface area contributed by atoms with E-state index in [0.717, 1.165) is 0 Å². The van der Waals surface area contributed by atoms with E-state index in [4.69, 9.17) is 10.5 Å². The molecule has 1 aromatic rings. The van der Waals surface area contributed by atoms with Gasteiger partial charge in [-0.05, 0) is 23.6 Å². The lowest BCUT2D eigenvalue weighted by atomic mass is 10.0. The molecule has 0 saturated heterocycles. The van der Waals surface area contributed by atoms with Crippen LogP contribution in [-0.2, 0) is 11.3 Å². The first kappa shape index (κ1) is 14.4. The number of benzene rings is 1. The van der Waals surface area contributed by atoms with Gasteiger partial charge in [0.2, 0.25) is 5.91 Å². The maximum atomic E-state index is 13.4. The molecular weight excluding hydrogens is 235 g/mol. The number of nitrogens with one attached hydrogen (secondary N) is 1. The summed E-state index contributed by atoms with van der Waals surface area (Å²) in [6.07, 6.45) is 0. The molecule has 1 amide bonds. The average Bonchev–Trinajstić information content (AvgIpc) is 2.35. The fourth-order valence-electron chi connectivity index (χ4n) is 1.43. The van der Waals surface area contributed by atoms with Crippen molar-refractivity contribution >= 4 is 5.91 Å². The Bertz CT molecular complexity index is 421. The molecule has 0 radical (unpaired) electrons. The zero-order chi connectivity index (χ0) is 13.7. The number of halogens is 1. The van der Waals surface area contributed by atoms with Crippen molar-refractivity contribution in [2.45, 2.75) is 26.4 Å². The van der Waals surface area contributed by atoms with Gasteiger partial charge in [0.05, 0.1) is 13.2 Å². The van der Waals surface area contributed by atoms with E-state index in [1.165, 1.54) is 19.2 Å². The van der Waals surface area contributed by atoms with Crippen LogP contribution in [0, 0.1) is 11.7 Å². The lowest BCUT2D eigenvalue weighted by molar-refractivity contribution is -0.123. The molecule has 1 unspecified atom stereocenters. The largest absolute Gasteiger partial charge is 0.494 e. The Balaban J connectivity index is 2.59. The van der Waals surface area contributed by atoms with Crippen LogP contribution in [0.25, 0.3) is 0 Å². The van der Waals surface area contributed by atoms with Crippen LogP contribution in [0.1, 0.15) is 19.4 Å². The van der Waals surface area contributed by atoms with Gasteiger partial charge in [0.25, 0.3) is 0 Å². The molecule has 0 fully saturated rings. The maximum absolute atomic E-state index is 13.4. The van der Waals surface area contributed by atoms with Gasteiger partial charge in [0.1, 0.15) is 0 Å². The Hall–Kier alpha value is -1.62. The van der Waals surface area contributed by atoms with E-state index < -0.39 is 11.9 Å². The molecule has 100 valence electrons. The van der Waals surface area contributed by atoms with Crippen molar-refractivity contribution in [3.63, 3.8) is 0 Å². The third-order valence-electron chi connectivity index (χ3n) is 2.70. The van der Waals surface area contributed by atoms with Crippen LogP contribution in [0.5, 0.6) is 5.75 Å². The van der Waals surface area contributed by atoms with E-state index in [9.17, 15) is 9.18 Å². The smallest absolute Gasteiger partial charge is 0.237 e. The van der Waals surface area contributed by atoms with Gasteiger partial charge in [-0.15, -0.1) is 0 Å². The Morgan fingerprint density at radius 2 is 2.17 bits per heavy atom. The van der Waals surface area contributed by atoms with Crippen molar-refractivity contribution in [2.75, 3.05) is 7.11 Å². The monoisotopic (exact) mass is 254 g/mol. The zero-order valence-electron chi connectivity index (χ0n) is 10.9. The molecule has 18 heavy (non-hydrogen) atoms. The summed E-state index contributed by atoms with van der Waals surface area (Å²) >= 11 is 0. The minimum absolute atomic E-state index is 0.0672. The highest BCUT2D eigenvalue weighted by Crippen LogP contribution is 2.17. The quantitative estimate of drug-likeness (QED) is 0.835. The Morgan fingerprint density at radius 1 is 1.50 bits per heavy atom. The molecular formula is C13H19FN2O2. The normalized spacial score (nSPS) is 12.3. The topological polar surface area (TPSA) is 64.3 Å². The molecule has 0 spiro atoms. The summed E-state index contributed by atoms with van der Waals surface area (Å²) in [6.45, 7) is 3.99. The van der Waals surface area contributed by atoms with Gasteiger partial charge in [-0.2, -0.15) is 0 Å². The van der Waals surface area contributed by atoms with Crippen LogP contribution in [0.3, 0.4) is 0 Å². The third kappa shape index (κ3) is 3.70. The highest BCUT2D eigenvalue weighted by molar-refractivity contribution is 5.81. The lowest BCUT2D eigenvalue weighted by Crippen LogP contribution is -2.43. The van der Waals surface area contributed by atoms with E-state index >= 15 is 0 Å². The van der Waals surface area contributed by atoms with Crippen molar-refractivity contribution in [1.29, 1.82) is 0 Å². The molecule has 1 rings (SSSR count). The lowest BCUT2D eigenvalue weighted by Gasteiger charge is -2.15. The van der Waals surface area contributed by atoms with Crippen LogP contribution in [0.2, 0.25) is 0 Å². The second-order valence-electron chi connectivity index (χ2n) is 4.46. The molecule has 1 aromatic carbocycles. The number of hydrogen-bond acceptors (Lipinski definition) is 3. The Kier molecular flexibility index (Phi) is 5.09. The van der Waals surface area contributed by atoms with Crippen molar-refractivity contribution in [3.05, 3.63) is 29.6 Å². The number of nitrogens with two attached hydrogens (primary N) is 1. The highest BCUT2D eigenvalue weighted by atomic mass is 19.1. The molecule has 0 aromatic heterocycles. The Labute approximate surface area is 106 Å². The van der Waals surface area contributed by atoms with Crippen molar-refractivity contribution in [1.82, 2.24) is 5.32 Å². The number of carbonyl (C=O) groups excluding carboxylic acids is 1. The van der Waals surface area contributed by atoms with Crippen LogP contribution in [0.15, 0.2) is 18.2 Å². The van der Waals surface area contributed by atoms with Crippen molar-refractivity contribution in [3.8, 4) is 5.75 Å². The third-order valence-corrected chi connectivity index (χ3v) is 2.70. The number of carbonyl (C=O) groups is 1. The van der Waals surface area contributed by atoms with E-state index in [1.54, 1.807) is 6.07 Å². The fraction of sp³-hybridized carbons (Fsp3) is 0.462. The molecule has 0 aliphatic rings. The number of rotatable bonds is 5. The molecule has 0 aliphatic heterocycles. The van der Waals surface area contributed by atoms with Gasteiger partial charge in [0.15, 0.2) is 11.6 Å². The zero-order valence-corrected chi connectivity index (χ0v) is 10.9. The predicted octanol–water partition coefficient (Wildman–Crippen LogP) is 1.43. The minimum atomic E-state index is -0.548. The van der Waals surface area contributed by atoms with Gasteiger partial charge in [0, 0.05) is 6.54 Å². The second kappa shape index (κ2) is 6.35. The number of amides is 1. The van der Waals surface area contributed by atoms with Crippen LogP contribution < -0.4 is 15.8 Å². The maximum Gasteiger partial charge on any atom is 0.237 e. The summed E-state index contributed by atoms with van der Waals surface area (Å²) in [5, 5.41) is 2.67. The number of methoxy groups -OCH3 is 1. The molecule has 0 aliphatic carbocycles. The van der Waals surface area contributed by atoms with Crippen LogP contribution in [0.4, 0.5) is 4.39 Å². The summed E-state index contributed by atoms with van der Waals surface area (Å²) in [4.78, 5) is 11.6. The molecule has 0 saturated carbocycles.